The van der Waals surface area contributed by atoms with Crippen molar-refractivity contribution < 1.29 is 9.59 Å². The van der Waals surface area contributed by atoms with E-state index >= 15 is 0 Å². The van der Waals surface area contributed by atoms with Gasteiger partial charge in [0.05, 0.1) is 6.54 Å². The fourth-order valence-electron chi connectivity index (χ4n) is 1.87. The van der Waals surface area contributed by atoms with Gasteiger partial charge in [0.2, 0.25) is 5.91 Å². The van der Waals surface area contributed by atoms with Crippen LogP contribution in [0.1, 0.15) is 20.8 Å². The van der Waals surface area contributed by atoms with E-state index in [1.165, 1.54) is 0 Å². The van der Waals surface area contributed by atoms with Crippen LogP contribution in [0.5, 0.6) is 0 Å². The van der Waals surface area contributed by atoms with E-state index in [1.54, 1.807) is 11.8 Å². The number of piperazine rings is 1. The van der Waals surface area contributed by atoms with Crippen molar-refractivity contribution in [1.29, 1.82) is 0 Å². The number of hydrogen-bond acceptors (Lipinski definition) is 3. The van der Waals surface area contributed by atoms with Gasteiger partial charge in [-0.25, -0.2) is 0 Å². The molecule has 100 valence electrons. The van der Waals surface area contributed by atoms with Gasteiger partial charge >= 0.3 is 0 Å². The third-order valence-electron chi connectivity index (χ3n) is 2.71. The summed E-state index contributed by atoms with van der Waals surface area (Å²) in [4.78, 5) is 26.9. The van der Waals surface area contributed by atoms with Crippen LogP contribution >= 0.6 is 0 Å². The van der Waals surface area contributed by atoms with E-state index in [9.17, 15) is 9.59 Å². The summed E-state index contributed by atoms with van der Waals surface area (Å²) in [6, 6.07) is 0.167. The highest BCUT2D eigenvalue weighted by molar-refractivity contribution is 5.93. The molecule has 1 saturated heterocycles. The van der Waals surface area contributed by atoms with E-state index in [-0.39, 0.29) is 17.9 Å². The van der Waals surface area contributed by atoms with Gasteiger partial charge in [-0.2, -0.15) is 0 Å². The van der Waals surface area contributed by atoms with Crippen molar-refractivity contribution >= 4 is 11.8 Å². The molecule has 0 saturated carbocycles. The highest BCUT2D eigenvalue weighted by Gasteiger charge is 2.21. The number of nitrogens with one attached hydrogen (secondary N) is 1. The number of hydrogen-bond donors (Lipinski definition) is 1. The number of nitrogens with zero attached hydrogens (tertiary/aromatic N) is 2. The normalized spacial score (nSPS) is 16.1. The van der Waals surface area contributed by atoms with E-state index in [1.807, 2.05) is 13.8 Å². The Kier molecular flexibility index (Phi) is 5.66. The van der Waals surface area contributed by atoms with Crippen LogP contribution in [0.15, 0.2) is 0 Å². The van der Waals surface area contributed by atoms with Crippen LogP contribution in [-0.4, -0.2) is 60.4 Å². The average Bonchev–Trinajstić information content (AvgIpc) is 2.29. The summed E-state index contributed by atoms with van der Waals surface area (Å²) in [6.45, 7) is 8.68. The first kappa shape index (κ1) is 14.5. The molecule has 0 aromatic rings. The standard InChI is InChI=1S/C13H21N3O2/c1-4-5-13(18)16-8-6-15(7-9-16)10-12(17)14-11(2)3/h11H,6-10H2,1-3H3,(H,14,17). The van der Waals surface area contributed by atoms with Crippen LogP contribution in [-0.2, 0) is 9.59 Å². The molecule has 1 aliphatic heterocycles. The predicted octanol–water partition coefficient (Wildman–Crippen LogP) is -0.321. The molecule has 0 spiro atoms. The van der Waals surface area contributed by atoms with Gasteiger partial charge in [0, 0.05) is 32.2 Å². The zero-order valence-corrected chi connectivity index (χ0v) is 11.3. The lowest BCUT2D eigenvalue weighted by atomic mass is 10.3. The van der Waals surface area contributed by atoms with Crippen molar-refractivity contribution in [3.8, 4) is 11.8 Å². The topological polar surface area (TPSA) is 52.7 Å². The summed E-state index contributed by atoms with van der Waals surface area (Å²) in [5.74, 6) is 5.07. The average molecular weight is 251 g/mol. The quantitative estimate of drug-likeness (QED) is 0.699. The van der Waals surface area contributed by atoms with E-state index in [0.717, 1.165) is 13.1 Å². The summed E-state index contributed by atoms with van der Waals surface area (Å²) < 4.78 is 0. The smallest absolute Gasteiger partial charge is 0.298 e. The van der Waals surface area contributed by atoms with Gasteiger partial charge in [-0.1, -0.05) is 5.92 Å². The maximum absolute atomic E-state index is 11.6. The summed E-state index contributed by atoms with van der Waals surface area (Å²) in [5.41, 5.74) is 0. The van der Waals surface area contributed by atoms with Gasteiger partial charge < -0.3 is 10.2 Å². The first-order valence-electron chi connectivity index (χ1n) is 6.26. The first-order chi connectivity index (χ1) is 8.52. The third kappa shape index (κ3) is 4.76. The molecule has 18 heavy (non-hydrogen) atoms. The lowest BCUT2D eigenvalue weighted by molar-refractivity contribution is -0.127. The maximum Gasteiger partial charge on any atom is 0.298 e. The molecule has 0 aromatic heterocycles. The lowest BCUT2D eigenvalue weighted by Crippen LogP contribution is -2.51. The Morgan fingerprint density at radius 2 is 1.83 bits per heavy atom. The molecule has 0 unspecified atom stereocenters. The monoisotopic (exact) mass is 251 g/mol. The Morgan fingerprint density at radius 1 is 1.22 bits per heavy atom. The molecule has 1 N–H and O–H groups in total. The molecule has 0 atom stereocenters. The minimum absolute atomic E-state index is 0.0399. The molecule has 0 radical (unpaired) electrons. The summed E-state index contributed by atoms with van der Waals surface area (Å²) in [5, 5.41) is 2.86. The maximum atomic E-state index is 11.6. The van der Waals surface area contributed by atoms with Crippen molar-refractivity contribution in [2.24, 2.45) is 0 Å². The Morgan fingerprint density at radius 3 is 2.33 bits per heavy atom. The van der Waals surface area contributed by atoms with E-state index in [2.05, 4.69) is 22.1 Å². The molecule has 0 aromatic carbocycles. The Bertz CT molecular complexity index is 360. The molecule has 5 heteroatoms. The minimum atomic E-state index is -0.121. The van der Waals surface area contributed by atoms with Crippen LogP contribution in [0, 0.1) is 11.8 Å². The molecule has 1 aliphatic rings. The molecular weight excluding hydrogens is 230 g/mol. The molecule has 1 fully saturated rings. The Balaban J connectivity index is 2.32. The van der Waals surface area contributed by atoms with Crippen molar-refractivity contribution in [1.82, 2.24) is 15.1 Å². The van der Waals surface area contributed by atoms with Crippen LogP contribution in [0.25, 0.3) is 0 Å². The van der Waals surface area contributed by atoms with Crippen LogP contribution in [0.3, 0.4) is 0 Å². The van der Waals surface area contributed by atoms with Crippen LogP contribution in [0.4, 0.5) is 0 Å². The zero-order valence-electron chi connectivity index (χ0n) is 11.3. The van der Waals surface area contributed by atoms with Crippen molar-refractivity contribution in [2.45, 2.75) is 26.8 Å². The fraction of sp³-hybridized carbons (Fsp3) is 0.692. The number of carbonyl (C=O) groups excluding carboxylic acids is 2. The van der Waals surface area contributed by atoms with Gasteiger partial charge in [0.25, 0.3) is 5.91 Å². The predicted molar refractivity (Wildman–Crippen MR) is 69.7 cm³/mol. The molecule has 5 nitrogen and oxygen atoms in total. The van der Waals surface area contributed by atoms with Gasteiger partial charge in [0.1, 0.15) is 0 Å². The molecule has 2 amide bonds. The second-order valence-corrected chi connectivity index (χ2v) is 4.67. The van der Waals surface area contributed by atoms with E-state index < -0.39 is 0 Å². The largest absolute Gasteiger partial charge is 0.353 e. The van der Waals surface area contributed by atoms with Crippen molar-refractivity contribution in [3.63, 3.8) is 0 Å². The lowest BCUT2D eigenvalue weighted by Gasteiger charge is -2.33. The third-order valence-corrected chi connectivity index (χ3v) is 2.71. The van der Waals surface area contributed by atoms with E-state index in [4.69, 9.17) is 0 Å². The van der Waals surface area contributed by atoms with Gasteiger partial charge in [0.15, 0.2) is 0 Å². The second kappa shape index (κ2) is 7.02. The Labute approximate surface area is 109 Å². The molecule has 1 heterocycles. The molecule has 1 rings (SSSR count). The van der Waals surface area contributed by atoms with Crippen molar-refractivity contribution in [3.05, 3.63) is 0 Å². The second-order valence-electron chi connectivity index (χ2n) is 4.67. The highest BCUT2D eigenvalue weighted by atomic mass is 16.2. The van der Waals surface area contributed by atoms with Crippen molar-refractivity contribution in [2.75, 3.05) is 32.7 Å². The SMILES string of the molecule is CC#CC(=O)N1CCN(CC(=O)NC(C)C)CC1. The van der Waals surface area contributed by atoms with Gasteiger partial charge in [-0.3, -0.25) is 14.5 Å². The Hall–Kier alpha value is -1.54. The number of carbonyl (C=O) groups is 2. The van der Waals surface area contributed by atoms with Gasteiger partial charge in [-0.15, -0.1) is 0 Å². The molecular formula is C13H21N3O2. The number of amides is 2. The highest BCUT2D eigenvalue weighted by Crippen LogP contribution is 2.01. The minimum Gasteiger partial charge on any atom is -0.353 e. The number of rotatable bonds is 3. The zero-order chi connectivity index (χ0) is 13.5. The fourth-order valence-corrected chi connectivity index (χ4v) is 1.87. The van der Waals surface area contributed by atoms with Gasteiger partial charge in [-0.05, 0) is 26.7 Å². The summed E-state index contributed by atoms with van der Waals surface area (Å²) in [7, 11) is 0. The summed E-state index contributed by atoms with van der Waals surface area (Å²) in [6.07, 6.45) is 0. The van der Waals surface area contributed by atoms with E-state index in [0.29, 0.717) is 19.6 Å². The molecule has 0 bridgehead atoms. The van der Waals surface area contributed by atoms with Crippen LogP contribution < -0.4 is 5.32 Å². The summed E-state index contributed by atoms with van der Waals surface area (Å²) >= 11 is 0. The molecule has 0 aliphatic carbocycles. The van der Waals surface area contributed by atoms with Crippen LogP contribution in [0.2, 0.25) is 0 Å². The first-order valence-corrected chi connectivity index (χ1v) is 6.26.